The lowest BCUT2D eigenvalue weighted by atomic mass is 10.2. The Hall–Kier alpha value is -2.61. The first-order chi connectivity index (χ1) is 12.7. The van der Waals surface area contributed by atoms with Crippen molar-refractivity contribution in [3.8, 4) is 23.0 Å². The molecule has 0 aliphatic rings. The van der Waals surface area contributed by atoms with Crippen LogP contribution in [0.4, 0.5) is 8.78 Å². The average Bonchev–Trinajstić information content (AvgIpc) is 3.11. The van der Waals surface area contributed by atoms with Crippen molar-refractivity contribution >= 4 is 11.8 Å². The summed E-state index contributed by atoms with van der Waals surface area (Å²) in [6, 6.07) is 15.7. The molecule has 5 nitrogen and oxygen atoms in total. The summed E-state index contributed by atoms with van der Waals surface area (Å²) in [5, 5.41) is 8.39. The van der Waals surface area contributed by atoms with Crippen molar-refractivity contribution in [2.24, 2.45) is 0 Å². The van der Waals surface area contributed by atoms with Gasteiger partial charge < -0.3 is 13.9 Å². The molecule has 0 spiro atoms. The molecule has 3 aromatic rings. The van der Waals surface area contributed by atoms with E-state index >= 15 is 0 Å². The third kappa shape index (κ3) is 5.45. The number of hydrogen-bond donors (Lipinski definition) is 0. The molecule has 8 heteroatoms. The number of thioether (sulfide) groups is 1. The Morgan fingerprint density at radius 1 is 0.962 bits per heavy atom. The van der Waals surface area contributed by atoms with Gasteiger partial charge in [-0.05, 0) is 42.8 Å². The van der Waals surface area contributed by atoms with E-state index in [1.54, 1.807) is 12.1 Å². The highest BCUT2D eigenvalue weighted by atomic mass is 32.2. The average molecular weight is 378 g/mol. The fraction of sp³-hybridized carbons (Fsp3) is 0.222. The van der Waals surface area contributed by atoms with Crippen LogP contribution in [0.15, 0.2) is 64.2 Å². The van der Waals surface area contributed by atoms with Gasteiger partial charge in [0.2, 0.25) is 5.89 Å². The summed E-state index contributed by atoms with van der Waals surface area (Å²) in [7, 11) is 0. The lowest BCUT2D eigenvalue weighted by Crippen LogP contribution is -2.01. The Labute approximate surface area is 153 Å². The van der Waals surface area contributed by atoms with Crippen molar-refractivity contribution < 1.29 is 22.7 Å². The molecule has 0 saturated heterocycles. The molecule has 0 N–H and O–H groups in total. The number of nitrogens with zero attached hydrogens (tertiary/aromatic N) is 2. The van der Waals surface area contributed by atoms with E-state index in [0.717, 1.165) is 17.9 Å². The van der Waals surface area contributed by atoms with Crippen LogP contribution in [0.5, 0.6) is 11.5 Å². The van der Waals surface area contributed by atoms with E-state index in [9.17, 15) is 8.78 Å². The maximum Gasteiger partial charge on any atom is 0.387 e. The van der Waals surface area contributed by atoms with Crippen LogP contribution in [0, 0.1) is 0 Å². The zero-order valence-electron chi connectivity index (χ0n) is 13.7. The van der Waals surface area contributed by atoms with Gasteiger partial charge in [-0.15, -0.1) is 10.2 Å². The van der Waals surface area contributed by atoms with Crippen molar-refractivity contribution in [2.45, 2.75) is 18.3 Å². The molecule has 1 heterocycles. The van der Waals surface area contributed by atoms with Crippen LogP contribution < -0.4 is 9.47 Å². The van der Waals surface area contributed by atoms with E-state index in [4.69, 9.17) is 9.15 Å². The SMILES string of the molecule is FC(F)Oc1ccc(-c2nnc(SCCCOc3ccccc3)o2)cc1. The van der Waals surface area contributed by atoms with Gasteiger partial charge in [0, 0.05) is 11.3 Å². The number of rotatable bonds is 9. The number of hydrogen-bond acceptors (Lipinski definition) is 6. The summed E-state index contributed by atoms with van der Waals surface area (Å²) in [5.41, 5.74) is 0.637. The van der Waals surface area contributed by atoms with Crippen molar-refractivity contribution in [3.63, 3.8) is 0 Å². The van der Waals surface area contributed by atoms with Crippen molar-refractivity contribution in [2.75, 3.05) is 12.4 Å². The van der Waals surface area contributed by atoms with Gasteiger partial charge in [-0.2, -0.15) is 8.78 Å². The van der Waals surface area contributed by atoms with Gasteiger partial charge in [0.05, 0.1) is 6.61 Å². The third-order valence-corrected chi connectivity index (χ3v) is 4.16. The third-order valence-electron chi connectivity index (χ3n) is 3.26. The Kier molecular flexibility index (Phi) is 6.43. The second kappa shape index (κ2) is 9.19. The van der Waals surface area contributed by atoms with Gasteiger partial charge in [-0.1, -0.05) is 30.0 Å². The second-order valence-electron chi connectivity index (χ2n) is 5.14. The quantitative estimate of drug-likeness (QED) is 0.390. The highest BCUT2D eigenvalue weighted by molar-refractivity contribution is 7.99. The minimum absolute atomic E-state index is 0.0799. The Morgan fingerprint density at radius 3 is 2.46 bits per heavy atom. The molecule has 0 unspecified atom stereocenters. The lowest BCUT2D eigenvalue weighted by molar-refractivity contribution is -0.0498. The highest BCUT2D eigenvalue weighted by Crippen LogP contribution is 2.25. The first kappa shape index (κ1) is 18.2. The monoisotopic (exact) mass is 378 g/mol. The molecular formula is C18H16F2N2O3S. The zero-order valence-corrected chi connectivity index (χ0v) is 14.5. The van der Waals surface area contributed by atoms with Crippen LogP contribution in [-0.4, -0.2) is 29.2 Å². The summed E-state index contributed by atoms with van der Waals surface area (Å²) < 4.78 is 39.8. The normalized spacial score (nSPS) is 10.9. The van der Waals surface area contributed by atoms with Gasteiger partial charge in [-0.25, -0.2) is 0 Å². The number of alkyl halides is 2. The van der Waals surface area contributed by atoms with Crippen LogP contribution in [-0.2, 0) is 0 Å². The maximum absolute atomic E-state index is 12.1. The van der Waals surface area contributed by atoms with Crippen LogP contribution in [0.3, 0.4) is 0 Å². The van der Waals surface area contributed by atoms with Crippen LogP contribution in [0.25, 0.3) is 11.5 Å². The standard InChI is InChI=1S/C18H16F2N2O3S/c19-17(20)24-15-9-7-13(8-10-15)16-21-22-18(25-16)26-12-4-11-23-14-5-2-1-3-6-14/h1-3,5-10,17H,4,11-12H2. The molecule has 0 fully saturated rings. The molecule has 3 rings (SSSR count). The van der Waals surface area contributed by atoms with E-state index in [2.05, 4.69) is 14.9 Å². The van der Waals surface area contributed by atoms with Crippen molar-refractivity contribution in [3.05, 3.63) is 54.6 Å². The number of para-hydroxylation sites is 1. The van der Waals surface area contributed by atoms with E-state index in [0.29, 0.717) is 23.3 Å². The predicted molar refractivity (Wildman–Crippen MR) is 93.6 cm³/mol. The first-order valence-electron chi connectivity index (χ1n) is 7.90. The topological polar surface area (TPSA) is 57.4 Å². The van der Waals surface area contributed by atoms with E-state index in [-0.39, 0.29) is 5.75 Å². The summed E-state index contributed by atoms with van der Waals surface area (Å²) in [5.74, 6) is 2.03. The lowest BCUT2D eigenvalue weighted by Gasteiger charge is -2.04. The number of aromatic nitrogens is 2. The summed E-state index contributed by atoms with van der Waals surface area (Å²) in [4.78, 5) is 0. The van der Waals surface area contributed by atoms with Gasteiger partial charge in [0.25, 0.3) is 5.22 Å². The maximum atomic E-state index is 12.1. The van der Waals surface area contributed by atoms with Crippen molar-refractivity contribution in [1.29, 1.82) is 0 Å². The van der Waals surface area contributed by atoms with E-state index in [1.165, 1.54) is 23.9 Å². The second-order valence-corrected chi connectivity index (χ2v) is 6.19. The molecule has 0 amide bonds. The van der Waals surface area contributed by atoms with Crippen LogP contribution in [0.1, 0.15) is 6.42 Å². The van der Waals surface area contributed by atoms with E-state index in [1.807, 2.05) is 30.3 Å². The molecule has 0 aliphatic heterocycles. The number of halogens is 2. The van der Waals surface area contributed by atoms with Gasteiger partial charge in [0.15, 0.2) is 0 Å². The van der Waals surface area contributed by atoms with Gasteiger partial charge in [-0.3, -0.25) is 0 Å². The number of benzene rings is 2. The van der Waals surface area contributed by atoms with Crippen molar-refractivity contribution in [1.82, 2.24) is 10.2 Å². The Bertz CT molecular complexity index is 798. The molecule has 0 radical (unpaired) electrons. The summed E-state index contributed by atoms with van der Waals surface area (Å²) in [6.07, 6.45) is 0.830. The molecule has 26 heavy (non-hydrogen) atoms. The minimum atomic E-state index is -2.85. The minimum Gasteiger partial charge on any atom is -0.494 e. The molecule has 0 bridgehead atoms. The highest BCUT2D eigenvalue weighted by Gasteiger charge is 2.10. The summed E-state index contributed by atoms with van der Waals surface area (Å²) in [6.45, 7) is -2.25. The fourth-order valence-electron chi connectivity index (χ4n) is 2.09. The van der Waals surface area contributed by atoms with Gasteiger partial charge in [0.1, 0.15) is 11.5 Å². The smallest absolute Gasteiger partial charge is 0.387 e. The summed E-state index contributed by atoms with van der Waals surface area (Å²) >= 11 is 1.44. The molecule has 1 aromatic heterocycles. The van der Waals surface area contributed by atoms with E-state index < -0.39 is 6.61 Å². The molecule has 0 saturated carbocycles. The Balaban J connectivity index is 1.44. The molecule has 0 atom stereocenters. The molecule has 2 aromatic carbocycles. The largest absolute Gasteiger partial charge is 0.494 e. The van der Waals surface area contributed by atoms with Crippen LogP contribution in [0.2, 0.25) is 0 Å². The van der Waals surface area contributed by atoms with Crippen LogP contribution >= 0.6 is 11.8 Å². The Morgan fingerprint density at radius 2 is 1.73 bits per heavy atom. The fourth-order valence-corrected chi connectivity index (χ4v) is 2.76. The molecule has 136 valence electrons. The van der Waals surface area contributed by atoms with Gasteiger partial charge >= 0.3 is 6.61 Å². The molecule has 0 aliphatic carbocycles. The first-order valence-corrected chi connectivity index (χ1v) is 8.88. The molecular weight excluding hydrogens is 362 g/mol. The predicted octanol–water partition coefficient (Wildman–Crippen LogP) is 4.90. The zero-order chi connectivity index (χ0) is 18.2. The number of ether oxygens (including phenoxy) is 2.